The highest BCUT2D eigenvalue weighted by Gasteiger charge is 2.10. The van der Waals surface area contributed by atoms with Crippen molar-refractivity contribution in [3.63, 3.8) is 0 Å². The average Bonchev–Trinajstić information content (AvgIpc) is 3.00. The molecule has 0 heterocycles. The molecule has 0 saturated heterocycles. The van der Waals surface area contributed by atoms with Crippen LogP contribution in [0.3, 0.4) is 0 Å². The molecular weight excluding hydrogens is 576 g/mol. The van der Waals surface area contributed by atoms with Crippen molar-refractivity contribution in [3.8, 4) is 0 Å². The lowest BCUT2D eigenvalue weighted by atomic mass is 10.0. The number of rotatable bonds is 32. The van der Waals surface area contributed by atoms with Crippen LogP contribution in [0.2, 0.25) is 0 Å². The average molecular weight is 653 g/mol. The van der Waals surface area contributed by atoms with E-state index >= 15 is 0 Å². The largest absolute Gasteiger partial charge is 0.394 e. The Labute approximate surface area is 285 Å². The third kappa shape index (κ3) is 44.4. The fourth-order valence-corrected chi connectivity index (χ4v) is 5.71. The second kappa shape index (κ2) is 39.5. The van der Waals surface area contributed by atoms with Crippen molar-refractivity contribution in [1.82, 2.24) is 0 Å². The van der Waals surface area contributed by atoms with Crippen LogP contribution in [-0.2, 0) is 28.7 Å². The van der Waals surface area contributed by atoms with Crippen molar-refractivity contribution < 1.29 is 28.7 Å². The Kier molecular flexibility index (Phi) is 39.8. The van der Waals surface area contributed by atoms with Crippen LogP contribution in [-0.4, -0.2) is 23.9 Å². The van der Waals surface area contributed by atoms with Gasteiger partial charge < -0.3 is 9.47 Å². The molecule has 46 heavy (non-hydrogen) atoms. The summed E-state index contributed by atoms with van der Waals surface area (Å²) in [6.45, 7) is 6.92. The van der Waals surface area contributed by atoms with E-state index in [-0.39, 0.29) is 11.9 Å². The first-order chi connectivity index (χ1) is 22.3. The molecule has 6 heteroatoms. The summed E-state index contributed by atoms with van der Waals surface area (Å²) in [6, 6.07) is 0. The first-order valence-corrected chi connectivity index (χ1v) is 19.8. The van der Waals surface area contributed by atoms with Gasteiger partial charge in [-0.3, -0.25) is 19.2 Å². The maximum atomic E-state index is 11.9. The van der Waals surface area contributed by atoms with E-state index in [1.165, 1.54) is 181 Å². The Hall–Kier alpha value is -1.72. The summed E-state index contributed by atoms with van der Waals surface area (Å²) < 4.78 is 8.98. The molecule has 0 saturated carbocycles. The van der Waals surface area contributed by atoms with Crippen molar-refractivity contribution in [3.05, 3.63) is 0 Å². The van der Waals surface area contributed by atoms with Gasteiger partial charge in [-0.05, 0) is 12.8 Å². The molecule has 0 amide bonds. The van der Waals surface area contributed by atoms with E-state index in [9.17, 15) is 19.2 Å². The molecular formula is C40H76O6. The lowest BCUT2D eigenvalue weighted by Crippen LogP contribution is -2.11. The lowest BCUT2D eigenvalue weighted by Gasteiger charge is -2.05. The van der Waals surface area contributed by atoms with Gasteiger partial charge in [-0.1, -0.05) is 194 Å². The van der Waals surface area contributed by atoms with E-state index in [0.717, 1.165) is 25.7 Å². The Morgan fingerprint density at radius 1 is 0.304 bits per heavy atom. The van der Waals surface area contributed by atoms with Crippen LogP contribution in [0.4, 0.5) is 0 Å². The maximum Gasteiger partial charge on any atom is 0.313 e. The maximum absolute atomic E-state index is 11.9. The number of ether oxygens (including phenoxy) is 2. The fraction of sp³-hybridized carbons (Fsp3) is 0.900. The van der Waals surface area contributed by atoms with Gasteiger partial charge in [0.2, 0.25) is 0 Å². The molecule has 0 atom stereocenters. The summed E-state index contributed by atoms with van der Waals surface area (Å²) in [4.78, 5) is 43.4. The van der Waals surface area contributed by atoms with Gasteiger partial charge in [-0.2, -0.15) is 0 Å². The van der Waals surface area contributed by atoms with Crippen LogP contribution in [0, 0.1) is 0 Å². The molecule has 0 aromatic carbocycles. The van der Waals surface area contributed by atoms with Crippen molar-refractivity contribution in [2.24, 2.45) is 0 Å². The summed E-state index contributed by atoms with van der Waals surface area (Å²) in [5.41, 5.74) is 0. The molecule has 6 nitrogen and oxygen atoms in total. The molecule has 0 aliphatic heterocycles. The zero-order chi connectivity index (χ0) is 34.4. The standard InChI is InChI=1S/C36H70O3.C4H6O3/c1-3-5-7-9-11-13-15-17-19-21-23-25-27-29-31-33-35(37)39-36(38)34-32-30-28-26-24-22-20-18-16-14-12-10-8-6-4-2;1-3(5)7-4(2)6/h3-34H2,1-2H3;1-2H3. The minimum absolute atomic E-state index is 0.323. The molecule has 272 valence electrons. The van der Waals surface area contributed by atoms with Gasteiger partial charge in [0, 0.05) is 26.7 Å². The number of hydrogen-bond acceptors (Lipinski definition) is 6. The number of hydrogen-bond donors (Lipinski definition) is 0. The van der Waals surface area contributed by atoms with Crippen molar-refractivity contribution in [1.29, 1.82) is 0 Å². The molecule has 0 rings (SSSR count). The van der Waals surface area contributed by atoms with Crippen LogP contribution in [0.25, 0.3) is 0 Å². The first-order valence-electron chi connectivity index (χ1n) is 19.8. The third-order valence-corrected chi connectivity index (χ3v) is 8.48. The van der Waals surface area contributed by atoms with E-state index in [1.807, 2.05) is 0 Å². The van der Waals surface area contributed by atoms with E-state index in [0.29, 0.717) is 12.8 Å². The van der Waals surface area contributed by atoms with Gasteiger partial charge in [0.15, 0.2) is 0 Å². The molecule has 0 aromatic rings. The van der Waals surface area contributed by atoms with Crippen molar-refractivity contribution in [2.45, 2.75) is 233 Å². The van der Waals surface area contributed by atoms with Gasteiger partial charge in [0.05, 0.1) is 0 Å². The quantitative estimate of drug-likeness (QED) is 0.0408. The van der Waals surface area contributed by atoms with E-state index in [4.69, 9.17) is 4.74 Å². The number of carbonyl (C=O) groups excluding carboxylic acids is 4. The predicted octanol–water partition coefficient (Wildman–Crippen LogP) is 12.7. The third-order valence-electron chi connectivity index (χ3n) is 8.48. The Bertz CT molecular complexity index is 633. The Balaban J connectivity index is 0. The van der Waals surface area contributed by atoms with Crippen molar-refractivity contribution >= 4 is 23.9 Å². The molecule has 0 N–H and O–H groups in total. The minimum atomic E-state index is -0.562. The van der Waals surface area contributed by atoms with Crippen LogP contribution >= 0.6 is 0 Å². The van der Waals surface area contributed by atoms with Crippen molar-refractivity contribution in [2.75, 3.05) is 0 Å². The van der Waals surface area contributed by atoms with Crippen LogP contribution in [0.1, 0.15) is 233 Å². The highest BCUT2D eigenvalue weighted by molar-refractivity contribution is 5.85. The summed E-state index contributed by atoms with van der Waals surface area (Å²) >= 11 is 0. The van der Waals surface area contributed by atoms with Gasteiger partial charge in [0.1, 0.15) is 0 Å². The highest BCUT2D eigenvalue weighted by Crippen LogP contribution is 2.15. The summed E-state index contributed by atoms with van der Waals surface area (Å²) in [6.07, 6.45) is 40.1. The van der Waals surface area contributed by atoms with Gasteiger partial charge >= 0.3 is 23.9 Å². The van der Waals surface area contributed by atoms with Gasteiger partial charge in [-0.25, -0.2) is 0 Å². The first kappa shape index (κ1) is 46.4. The topological polar surface area (TPSA) is 86.7 Å². The predicted molar refractivity (Wildman–Crippen MR) is 193 cm³/mol. The summed E-state index contributed by atoms with van der Waals surface area (Å²) in [7, 11) is 0. The second-order valence-electron chi connectivity index (χ2n) is 13.3. The number of carbonyl (C=O) groups is 4. The van der Waals surface area contributed by atoms with Crippen LogP contribution in [0.5, 0.6) is 0 Å². The molecule has 0 radical (unpaired) electrons. The molecule has 0 aromatic heterocycles. The van der Waals surface area contributed by atoms with Gasteiger partial charge in [0.25, 0.3) is 0 Å². The zero-order valence-electron chi connectivity index (χ0n) is 31.1. The van der Waals surface area contributed by atoms with E-state index < -0.39 is 11.9 Å². The highest BCUT2D eigenvalue weighted by atomic mass is 16.6. The molecule has 0 aliphatic rings. The fourth-order valence-electron chi connectivity index (χ4n) is 5.71. The molecule has 0 spiro atoms. The lowest BCUT2D eigenvalue weighted by molar-refractivity contribution is -0.160. The molecule has 0 bridgehead atoms. The smallest absolute Gasteiger partial charge is 0.313 e. The Morgan fingerprint density at radius 2 is 0.500 bits per heavy atom. The Morgan fingerprint density at radius 3 is 0.674 bits per heavy atom. The molecule has 0 aliphatic carbocycles. The number of esters is 4. The SMILES string of the molecule is CC(=O)OC(C)=O.CCCCCCCCCCCCCCCCCC(=O)OC(=O)CCCCCCCCCCCCCCCCC. The summed E-state index contributed by atoms with van der Waals surface area (Å²) in [5, 5.41) is 0. The normalized spacial score (nSPS) is 10.7. The minimum Gasteiger partial charge on any atom is -0.394 e. The zero-order valence-corrected chi connectivity index (χ0v) is 31.1. The second-order valence-corrected chi connectivity index (χ2v) is 13.3. The van der Waals surface area contributed by atoms with E-state index in [1.54, 1.807) is 0 Å². The van der Waals surface area contributed by atoms with Crippen LogP contribution < -0.4 is 0 Å². The van der Waals surface area contributed by atoms with E-state index in [2.05, 4.69) is 18.6 Å². The monoisotopic (exact) mass is 653 g/mol. The number of unbranched alkanes of at least 4 members (excludes halogenated alkanes) is 28. The van der Waals surface area contributed by atoms with Gasteiger partial charge in [-0.15, -0.1) is 0 Å². The summed E-state index contributed by atoms with van der Waals surface area (Å²) in [5.74, 6) is -1.77. The van der Waals surface area contributed by atoms with Crippen LogP contribution in [0.15, 0.2) is 0 Å². The molecule has 0 unspecified atom stereocenters. The molecule has 0 fully saturated rings.